The van der Waals surface area contributed by atoms with Gasteiger partial charge in [0, 0.05) is 0 Å². The first-order valence-corrected chi connectivity index (χ1v) is 5.33. The van der Waals surface area contributed by atoms with E-state index in [1.165, 1.54) is 5.75 Å². The second-order valence-electron chi connectivity index (χ2n) is 4.13. The summed E-state index contributed by atoms with van der Waals surface area (Å²) in [5.41, 5.74) is 0.414. The van der Waals surface area contributed by atoms with Crippen LogP contribution in [0.3, 0.4) is 0 Å². The Morgan fingerprint density at radius 2 is 2.17 bits per heavy atom. The summed E-state index contributed by atoms with van der Waals surface area (Å²) in [5, 5.41) is 0. The van der Waals surface area contributed by atoms with E-state index < -0.39 is 0 Å². The summed E-state index contributed by atoms with van der Waals surface area (Å²) < 4.78 is 5.23. The Balaban J connectivity index is 2.20. The zero-order valence-electron chi connectivity index (χ0n) is 7.96. The molecule has 0 amide bonds. The lowest BCUT2D eigenvalue weighted by atomic mass is 10.0. The Hall–Kier alpha value is -0.370. The zero-order chi connectivity index (χ0) is 9.03. The van der Waals surface area contributed by atoms with Crippen LogP contribution >= 0.6 is 11.8 Å². The van der Waals surface area contributed by atoms with Gasteiger partial charge in [0.1, 0.15) is 5.76 Å². The maximum absolute atomic E-state index is 5.23. The molecule has 0 unspecified atom stereocenters. The average molecular weight is 184 g/mol. The van der Waals surface area contributed by atoms with Gasteiger partial charge in [-0.2, -0.15) is 11.8 Å². The van der Waals surface area contributed by atoms with Gasteiger partial charge in [-0.1, -0.05) is 20.8 Å². The average Bonchev–Trinajstić information content (AvgIpc) is 2.36. The van der Waals surface area contributed by atoms with Gasteiger partial charge < -0.3 is 4.42 Å². The summed E-state index contributed by atoms with van der Waals surface area (Å²) >= 11 is 1.92. The largest absolute Gasteiger partial charge is 0.468 e. The molecule has 1 rings (SSSR count). The molecule has 0 saturated heterocycles. The number of rotatable bonds is 3. The van der Waals surface area contributed by atoms with Gasteiger partial charge in [0.2, 0.25) is 0 Å². The SMILES string of the molecule is CC(C)(C)CSCc1ccco1. The summed E-state index contributed by atoms with van der Waals surface area (Å²) in [6, 6.07) is 3.96. The van der Waals surface area contributed by atoms with Gasteiger partial charge in [0.15, 0.2) is 0 Å². The van der Waals surface area contributed by atoms with Crippen LogP contribution in [0.1, 0.15) is 26.5 Å². The van der Waals surface area contributed by atoms with Gasteiger partial charge >= 0.3 is 0 Å². The highest BCUT2D eigenvalue weighted by atomic mass is 32.2. The van der Waals surface area contributed by atoms with E-state index in [-0.39, 0.29) is 0 Å². The highest BCUT2D eigenvalue weighted by Gasteiger charge is 2.09. The Kier molecular flexibility index (Phi) is 3.27. The molecule has 0 N–H and O–H groups in total. The predicted octanol–water partition coefficient (Wildman–Crippen LogP) is 3.56. The van der Waals surface area contributed by atoms with Gasteiger partial charge in [-0.25, -0.2) is 0 Å². The van der Waals surface area contributed by atoms with E-state index in [1.54, 1.807) is 6.26 Å². The van der Waals surface area contributed by atoms with Crippen molar-refractivity contribution in [1.82, 2.24) is 0 Å². The molecule has 0 bridgehead atoms. The molecule has 12 heavy (non-hydrogen) atoms. The normalized spacial score (nSPS) is 11.9. The second-order valence-corrected chi connectivity index (χ2v) is 5.12. The van der Waals surface area contributed by atoms with Crippen molar-refractivity contribution >= 4 is 11.8 Å². The fourth-order valence-corrected chi connectivity index (χ4v) is 1.93. The van der Waals surface area contributed by atoms with E-state index in [4.69, 9.17) is 4.42 Å². The molecule has 0 radical (unpaired) electrons. The fraction of sp³-hybridized carbons (Fsp3) is 0.600. The first-order valence-electron chi connectivity index (χ1n) is 4.18. The number of hydrogen-bond acceptors (Lipinski definition) is 2. The maximum Gasteiger partial charge on any atom is 0.113 e. The Morgan fingerprint density at radius 1 is 1.42 bits per heavy atom. The Morgan fingerprint density at radius 3 is 2.67 bits per heavy atom. The highest BCUT2D eigenvalue weighted by molar-refractivity contribution is 7.98. The van der Waals surface area contributed by atoms with Gasteiger partial charge in [0.05, 0.1) is 12.0 Å². The molecule has 2 heteroatoms. The first-order chi connectivity index (χ1) is 5.58. The van der Waals surface area contributed by atoms with Crippen LogP contribution in [0.15, 0.2) is 22.8 Å². The first kappa shape index (κ1) is 9.72. The monoisotopic (exact) mass is 184 g/mol. The van der Waals surface area contributed by atoms with Crippen LogP contribution in [-0.2, 0) is 5.75 Å². The molecule has 1 heterocycles. The van der Waals surface area contributed by atoms with E-state index in [0.717, 1.165) is 11.5 Å². The number of hydrogen-bond donors (Lipinski definition) is 0. The van der Waals surface area contributed by atoms with Gasteiger partial charge in [-0.05, 0) is 23.3 Å². The zero-order valence-corrected chi connectivity index (χ0v) is 8.78. The second kappa shape index (κ2) is 4.04. The van der Waals surface area contributed by atoms with Crippen molar-refractivity contribution in [3.05, 3.63) is 24.2 Å². The van der Waals surface area contributed by atoms with E-state index >= 15 is 0 Å². The van der Waals surface area contributed by atoms with Crippen LogP contribution in [0.2, 0.25) is 0 Å². The Labute approximate surface area is 78.5 Å². The molecule has 0 spiro atoms. The molecule has 1 aromatic rings. The lowest BCUT2D eigenvalue weighted by Gasteiger charge is -2.16. The third kappa shape index (κ3) is 3.86. The van der Waals surface area contributed by atoms with Crippen molar-refractivity contribution in [2.45, 2.75) is 26.5 Å². The standard InChI is InChI=1S/C10H16OS/c1-10(2,3)8-12-7-9-5-4-6-11-9/h4-6H,7-8H2,1-3H3. The van der Waals surface area contributed by atoms with Crippen LogP contribution < -0.4 is 0 Å². The van der Waals surface area contributed by atoms with Crippen LogP contribution in [0.25, 0.3) is 0 Å². The summed E-state index contributed by atoms with van der Waals surface area (Å²) in [4.78, 5) is 0. The predicted molar refractivity (Wildman–Crippen MR) is 54.3 cm³/mol. The van der Waals surface area contributed by atoms with Gasteiger partial charge in [-0.15, -0.1) is 0 Å². The molecule has 0 aliphatic carbocycles. The van der Waals surface area contributed by atoms with Crippen LogP contribution in [0.5, 0.6) is 0 Å². The minimum Gasteiger partial charge on any atom is -0.468 e. The molecule has 0 aromatic carbocycles. The summed E-state index contributed by atoms with van der Waals surface area (Å²) in [7, 11) is 0. The van der Waals surface area contributed by atoms with Crippen LogP contribution in [0, 0.1) is 5.41 Å². The third-order valence-electron chi connectivity index (χ3n) is 1.36. The van der Waals surface area contributed by atoms with Gasteiger partial charge in [0.25, 0.3) is 0 Å². The van der Waals surface area contributed by atoms with E-state index in [1.807, 2.05) is 23.9 Å². The van der Waals surface area contributed by atoms with Crippen molar-refractivity contribution in [3.8, 4) is 0 Å². The quantitative estimate of drug-likeness (QED) is 0.712. The molecule has 0 aliphatic heterocycles. The van der Waals surface area contributed by atoms with Gasteiger partial charge in [-0.3, -0.25) is 0 Å². The van der Waals surface area contributed by atoms with Crippen LogP contribution in [0.4, 0.5) is 0 Å². The van der Waals surface area contributed by atoms with Crippen molar-refractivity contribution in [3.63, 3.8) is 0 Å². The number of thioether (sulfide) groups is 1. The van der Waals surface area contributed by atoms with Crippen molar-refractivity contribution < 1.29 is 4.42 Å². The van der Waals surface area contributed by atoms with Crippen molar-refractivity contribution in [2.24, 2.45) is 5.41 Å². The third-order valence-corrected chi connectivity index (χ3v) is 2.92. The lowest BCUT2D eigenvalue weighted by molar-refractivity contribution is 0.479. The fourth-order valence-electron chi connectivity index (χ4n) is 0.853. The summed E-state index contributed by atoms with van der Waals surface area (Å²) in [5.74, 6) is 3.24. The molecule has 0 aliphatic rings. The molecule has 1 nitrogen and oxygen atoms in total. The lowest BCUT2D eigenvalue weighted by Crippen LogP contribution is -2.08. The maximum atomic E-state index is 5.23. The topological polar surface area (TPSA) is 13.1 Å². The van der Waals surface area contributed by atoms with E-state index in [2.05, 4.69) is 20.8 Å². The summed E-state index contributed by atoms with van der Waals surface area (Å²) in [6.45, 7) is 6.76. The minimum atomic E-state index is 0.414. The molecular formula is C10H16OS. The molecule has 0 saturated carbocycles. The molecule has 0 atom stereocenters. The molecule has 0 fully saturated rings. The molecule has 1 aromatic heterocycles. The Bertz CT molecular complexity index is 208. The van der Waals surface area contributed by atoms with Crippen molar-refractivity contribution in [2.75, 3.05) is 5.75 Å². The van der Waals surface area contributed by atoms with E-state index in [0.29, 0.717) is 5.41 Å². The highest BCUT2D eigenvalue weighted by Crippen LogP contribution is 2.23. The molecule has 68 valence electrons. The van der Waals surface area contributed by atoms with Crippen molar-refractivity contribution in [1.29, 1.82) is 0 Å². The molecular weight excluding hydrogens is 168 g/mol. The number of furan rings is 1. The van der Waals surface area contributed by atoms with Crippen LogP contribution in [-0.4, -0.2) is 5.75 Å². The smallest absolute Gasteiger partial charge is 0.113 e. The summed E-state index contributed by atoms with van der Waals surface area (Å²) in [6.07, 6.45) is 1.73. The minimum absolute atomic E-state index is 0.414. The van der Waals surface area contributed by atoms with E-state index in [9.17, 15) is 0 Å².